The first-order chi connectivity index (χ1) is 17.0. The molecule has 1 amide bonds. The normalized spacial score (nSPS) is 20.1. The van der Waals surface area contributed by atoms with E-state index in [9.17, 15) is 14.0 Å². The number of piperazine rings is 1. The molecule has 0 spiro atoms. The fourth-order valence-corrected chi connectivity index (χ4v) is 4.38. The average Bonchev–Trinajstić information content (AvgIpc) is 2.88. The lowest BCUT2D eigenvalue weighted by atomic mass is 9.90. The molecule has 2 aliphatic rings. The van der Waals surface area contributed by atoms with Gasteiger partial charge in [-0.05, 0) is 31.2 Å². The summed E-state index contributed by atoms with van der Waals surface area (Å²) in [6, 6.07) is 11.0. The van der Waals surface area contributed by atoms with Crippen LogP contribution in [-0.4, -0.2) is 69.7 Å². The maximum atomic E-state index is 14.2. The van der Waals surface area contributed by atoms with Crippen LogP contribution < -0.4 is 19.7 Å². The zero-order valence-corrected chi connectivity index (χ0v) is 20.0. The molecule has 1 saturated heterocycles. The molecule has 2 aromatic rings. The summed E-state index contributed by atoms with van der Waals surface area (Å²) in [5, 5.41) is 2.78. The quantitative estimate of drug-likeness (QED) is 0.497. The van der Waals surface area contributed by atoms with Crippen LogP contribution >= 0.6 is 0 Å². The number of carbonyl (C=O) groups is 2. The molecule has 9 nitrogen and oxygen atoms in total. The van der Waals surface area contributed by atoms with E-state index < -0.39 is 23.8 Å². The Morgan fingerprint density at radius 1 is 1.09 bits per heavy atom. The van der Waals surface area contributed by atoms with Crippen LogP contribution in [0.25, 0.3) is 0 Å². The zero-order valence-electron chi connectivity index (χ0n) is 20.0. The van der Waals surface area contributed by atoms with Crippen molar-refractivity contribution in [3.05, 3.63) is 53.8 Å². The topological polar surface area (TPSA) is 92.7 Å². The van der Waals surface area contributed by atoms with Crippen LogP contribution in [0.2, 0.25) is 0 Å². The van der Waals surface area contributed by atoms with Gasteiger partial charge in [-0.25, -0.2) is 9.38 Å². The summed E-state index contributed by atoms with van der Waals surface area (Å²) < 4.78 is 30.2. The highest BCUT2D eigenvalue weighted by Gasteiger charge is 2.43. The van der Waals surface area contributed by atoms with Gasteiger partial charge in [0, 0.05) is 37.8 Å². The van der Waals surface area contributed by atoms with E-state index in [-0.39, 0.29) is 12.4 Å². The fourth-order valence-electron chi connectivity index (χ4n) is 4.38. The molecule has 0 saturated carbocycles. The van der Waals surface area contributed by atoms with Gasteiger partial charge in [-0.2, -0.15) is 0 Å². The first-order valence-corrected chi connectivity index (χ1v) is 11.5. The summed E-state index contributed by atoms with van der Waals surface area (Å²) in [5.74, 6) is -1.19. The Morgan fingerprint density at radius 2 is 1.80 bits per heavy atom. The molecule has 1 N–H and O–H groups in total. The highest BCUT2D eigenvalue weighted by molar-refractivity contribution is 6.08. The number of nitrogens with zero attached hydrogens (tertiary/aromatic N) is 3. The number of amides is 1. The number of carbonyl (C=O) groups excluding carboxylic acids is 2. The molecule has 0 aliphatic carbocycles. The minimum Gasteiger partial charge on any atom is -0.497 e. The maximum Gasteiger partial charge on any atom is 0.321 e. The van der Waals surface area contributed by atoms with Gasteiger partial charge in [-0.3, -0.25) is 14.9 Å². The Kier molecular flexibility index (Phi) is 7.38. The Morgan fingerprint density at radius 3 is 2.46 bits per heavy atom. The monoisotopic (exact) mass is 484 g/mol. The van der Waals surface area contributed by atoms with E-state index in [2.05, 4.69) is 5.32 Å². The highest BCUT2D eigenvalue weighted by atomic mass is 19.1. The summed E-state index contributed by atoms with van der Waals surface area (Å²) in [7, 11) is 3.05. The number of esters is 1. The van der Waals surface area contributed by atoms with Gasteiger partial charge in [0.05, 0.1) is 26.5 Å². The highest BCUT2D eigenvalue weighted by Crippen LogP contribution is 2.38. The van der Waals surface area contributed by atoms with Crippen molar-refractivity contribution in [1.82, 2.24) is 10.2 Å². The van der Waals surface area contributed by atoms with Crippen molar-refractivity contribution < 1.29 is 28.2 Å². The second-order valence-electron chi connectivity index (χ2n) is 8.15. The number of hydrogen-bond donors (Lipinski definition) is 1. The molecule has 4 rings (SSSR count). The van der Waals surface area contributed by atoms with Crippen LogP contribution in [0.15, 0.2) is 47.5 Å². The molecule has 0 aromatic heterocycles. The largest absolute Gasteiger partial charge is 0.497 e. The van der Waals surface area contributed by atoms with E-state index in [0.29, 0.717) is 54.9 Å². The summed E-state index contributed by atoms with van der Waals surface area (Å²) >= 11 is 0. The number of hydrogen-bond acceptors (Lipinski definition) is 8. The Bertz CT molecular complexity index is 1120. The van der Waals surface area contributed by atoms with Crippen LogP contribution in [0.1, 0.15) is 18.5 Å². The first-order valence-electron chi connectivity index (χ1n) is 11.5. The summed E-state index contributed by atoms with van der Waals surface area (Å²) in [6.45, 7) is 3.96. The molecule has 0 unspecified atom stereocenters. The Labute approximate surface area is 203 Å². The number of benzene rings is 2. The summed E-state index contributed by atoms with van der Waals surface area (Å²) in [6.07, 6.45) is 0. The number of aliphatic imine (C=N–C) groups is 1. The van der Waals surface area contributed by atoms with E-state index in [1.165, 1.54) is 13.2 Å². The van der Waals surface area contributed by atoms with Crippen molar-refractivity contribution in [2.45, 2.75) is 13.0 Å². The number of methoxy groups -OCH3 is 2. The molecule has 186 valence electrons. The van der Waals surface area contributed by atoms with Gasteiger partial charge in [0.15, 0.2) is 5.92 Å². The van der Waals surface area contributed by atoms with Crippen LogP contribution in [0.5, 0.6) is 11.5 Å². The molecule has 10 heteroatoms. The van der Waals surface area contributed by atoms with Gasteiger partial charge >= 0.3 is 5.97 Å². The molecular formula is C25H29FN4O5. The zero-order chi connectivity index (χ0) is 24.9. The van der Waals surface area contributed by atoms with E-state index in [1.54, 1.807) is 50.4 Å². The predicted molar refractivity (Wildman–Crippen MR) is 128 cm³/mol. The molecule has 2 atom stereocenters. The number of ether oxygens (including phenoxy) is 3. The standard InChI is InChI=1S/C25H29FN4O5/c1-4-35-24(32)21-22(17-10-9-16(33-2)15-20(17)34-3)27-25(28-23(21)31)30-13-11-29(12-14-30)19-8-6-5-7-18(19)26/h5-10,15,21-22H,4,11-14H2,1-3H3,(H,27,28,31)/t21-,22+/m1/s1. The van der Waals surface area contributed by atoms with Gasteiger partial charge in [0.25, 0.3) is 0 Å². The van der Waals surface area contributed by atoms with Gasteiger partial charge in [-0.1, -0.05) is 12.1 Å². The van der Waals surface area contributed by atoms with Gasteiger partial charge in [0.2, 0.25) is 11.9 Å². The third-order valence-corrected chi connectivity index (χ3v) is 6.17. The second kappa shape index (κ2) is 10.6. The maximum absolute atomic E-state index is 14.2. The van der Waals surface area contributed by atoms with Crippen molar-refractivity contribution in [2.24, 2.45) is 10.9 Å². The number of anilines is 1. The van der Waals surface area contributed by atoms with E-state index in [0.717, 1.165) is 0 Å². The SMILES string of the molecule is CCOC(=O)[C@H]1C(=O)NC(N2CCN(c3ccccc3F)CC2)=N[C@H]1c1ccc(OC)cc1OC. The molecule has 2 heterocycles. The van der Waals surface area contributed by atoms with Crippen LogP contribution in [0.4, 0.5) is 10.1 Å². The molecular weight excluding hydrogens is 455 g/mol. The van der Waals surface area contributed by atoms with Crippen LogP contribution in [0.3, 0.4) is 0 Å². The Hall–Kier alpha value is -3.82. The van der Waals surface area contributed by atoms with Gasteiger partial charge in [0.1, 0.15) is 23.4 Å². The van der Waals surface area contributed by atoms with Crippen molar-refractivity contribution in [2.75, 3.05) is 51.9 Å². The molecule has 35 heavy (non-hydrogen) atoms. The smallest absolute Gasteiger partial charge is 0.321 e. The van der Waals surface area contributed by atoms with Crippen molar-refractivity contribution in [3.63, 3.8) is 0 Å². The van der Waals surface area contributed by atoms with Crippen LogP contribution in [0, 0.1) is 11.7 Å². The molecule has 1 fully saturated rings. The number of para-hydroxylation sites is 1. The number of guanidine groups is 1. The third kappa shape index (κ3) is 5.01. The van der Waals surface area contributed by atoms with Crippen LogP contribution in [-0.2, 0) is 14.3 Å². The summed E-state index contributed by atoms with van der Waals surface area (Å²) in [5.41, 5.74) is 1.12. The number of rotatable bonds is 6. The Balaban J connectivity index is 1.63. The van der Waals surface area contributed by atoms with E-state index >= 15 is 0 Å². The molecule has 2 aromatic carbocycles. The lowest BCUT2D eigenvalue weighted by molar-refractivity contribution is -0.153. The molecule has 0 bridgehead atoms. The number of nitrogens with one attached hydrogen (secondary N) is 1. The van der Waals surface area contributed by atoms with Crippen molar-refractivity contribution >= 4 is 23.5 Å². The van der Waals surface area contributed by atoms with E-state index in [1.807, 2.05) is 9.80 Å². The lowest BCUT2D eigenvalue weighted by Gasteiger charge is -2.39. The second-order valence-corrected chi connectivity index (χ2v) is 8.15. The fraction of sp³-hybridized carbons (Fsp3) is 0.400. The van der Waals surface area contributed by atoms with Gasteiger partial charge < -0.3 is 24.0 Å². The third-order valence-electron chi connectivity index (χ3n) is 6.17. The summed E-state index contributed by atoms with van der Waals surface area (Å²) in [4.78, 5) is 34.6. The predicted octanol–water partition coefficient (Wildman–Crippen LogP) is 2.37. The average molecular weight is 485 g/mol. The minimum atomic E-state index is -1.17. The van der Waals surface area contributed by atoms with Gasteiger partial charge in [-0.15, -0.1) is 0 Å². The molecule has 0 radical (unpaired) electrons. The van der Waals surface area contributed by atoms with Crippen molar-refractivity contribution in [3.8, 4) is 11.5 Å². The van der Waals surface area contributed by atoms with Crippen molar-refractivity contribution in [1.29, 1.82) is 0 Å². The number of halogens is 1. The first kappa shape index (κ1) is 24.3. The van der Waals surface area contributed by atoms with E-state index in [4.69, 9.17) is 19.2 Å². The minimum absolute atomic E-state index is 0.143. The molecule has 2 aliphatic heterocycles. The lowest BCUT2D eigenvalue weighted by Crippen LogP contribution is -2.57.